The number of fused-ring (bicyclic) bond motifs is 1. The maximum absolute atomic E-state index is 12.8. The van der Waals surface area contributed by atoms with Crippen molar-refractivity contribution < 1.29 is 27.8 Å². The largest absolute Gasteiger partial charge is 0.480 e. The summed E-state index contributed by atoms with van der Waals surface area (Å²) in [6.45, 7) is 0.756. The third kappa shape index (κ3) is 2.83. The van der Waals surface area contributed by atoms with Gasteiger partial charge in [-0.2, -0.15) is 13.2 Å². The Morgan fingerprint density at radius 1 is 1.41 bits per heavy atom. The van der Waals surface area contributed by atoms with E-state index in [1.165, 1.54) is 6.07 Å². The van der Waals surface area contributed by atoms with Gasteiger partial charge in [-0.3, -0.25) is 9.69 Å². The molecule has 0 radical (unpaired) electrons. The van der Waals surface area contributed by atoms with Crippen molar-refractivity contribution in [2.24, 2.45) is 0 Å². The van der Waals surface area contributed by atoms with Gasteiger partial charge in [-0.15, -0.1) is 0 Å². The predicted molar refractivity (Wildman–Crippen MR) is 71.2 cm³/mol. The number of hydrogen-bond acceptors (Lipinski definition) is 3. The van der Waals surface area contributed by atoms with E-state index < -0.39 is 23.8 Å². The SMILES string of the molecule is O=C(O)C1C[C@@H]2OCC[C@@H]2N1Cc1cccc(C(F)(F)F)c1. The summed E-state index contributed by atoms with van der Waals surface area (Å²) >= 11 is 0. The van der Waals surface area contributed by atoms with Crippen LogP contribution in [0.5, 0.6) is 0 Å². The number of carbonyl (C=O) groups is 1. The van der Waals surface area contributed by atoms with Crippen LogP contribution in [0, 0.1) is 0 Å². The molecule has 0 saturated carbocycles. The van der Waals surface area contributed by atoms with E-state index in [1.54, 1.807) is 11.0 Å². The zero-order valence-electron chi connectivity index (χ0n) is 11.7. The van der Waals surface area contributed by atoms with Crippen LogP contribution in [-0.4, -0.2) is 40.8 Å². The first kappa shape index (κ1) is 15.3. The second kappa shape index (κ2) is 5.55. The molecule has 1 aromatic rings. The van der Waals surface area contributed by atoms with Crippen molar-refractivity contribution in [2.75, 3.05) is 6.61 Å². The summed E-state index contributed by atoms with van der Waals surface area (Å²) in [5.74, 6) is -0.954. The Hall–Kier alpha value is -1.60. The van der Waals surface area contributed by atoms with E-state index in [1.807, 2.05) is 0 Å². The molecule has 0 bridgehead atoms. The zero-order chi connectivity index (χ0) is 15.9. The highest BCUT2D eigenvalue weighted by Crippen LogP contribution is 2.36. The number of likely N-dealkylation sites (tertiary alicyclic amines) is 1. The highest BCUT2D eigenvalue weighted by atomic mass is 19.4. The summed E-state index contributed by atoms with van der Waals surface area (Å²) < 4.78 is 43.8. The lowest BCUT2D eigenvalue weighted by atomic mass is 10.1. The van der Waals surface area contributed by atoms with Crippen molar-refractivity contribution in [3.63, 3.8) is 0 Å². The molecule has 0 aliphatic carbocycles. The van der Waals surface area contributed by atoms with Gasteiger partial charge >= 0.3 is 12.1 Å². The van der Waals surface area contributed by atoms with Crippen LogP contribution < -0.4 is 0 Å². The fraction of sp³-hybridized carbons (Fsp3) is 0.533. The Morgan fingerprint density at radius 2 is 2.18 bits per heavy atom. The standard InChI is InChI=1S/C15H16F3NO3/c16-15(17,18)10-3-1-2-9(6-10)8-19-11-4-5-22-13(11)7-12(19)14(20)21/h1-3,6,11-13H,4-5,7-8H2,(H,20,21)/t11-,12?,13-/m0/s1. The van der Waals surface area contributed by atoms with Crippen LogP contribution in [0.3, 0.4) is 0 Å². The van der Waals surface area contributed by atoms with E-state index in [0.29, 0.717) is 25.0 Å². The highest BCUT2D eigenvalue weighted by molar-refractivity contribution is 5.74. The molecule has 1 aromatic carbocycles. The Kier molecular flexibility index (Phi) is 3.86. The predicted octanol–water partition coefficient (Wildman–Crippen LogP) is 2.52. The molecule has 120 valence electrons. The fourth-order valence-electron chi connectivity index (χ4n) is 3.36. The molecule has 3 atom stereocenters. The van der Waals surface area contributed by atoms with E-state index in [2.05, 4.69) is 0 Å². The van der Waals surface area contributed by atoms with Crippen LogP contribution in [0.4, 0.5) is 13.2 Å². The van der Waals surface area contributed by atoms with Crippen LogP contribution in [0.15, 0.2) is 24.3 Å². The molecule has 2 aliphatic rings. The van der Waals surface area contributed by atoms with Crippen LogP contribution in [0.25, 0.3) is 0 Å². The number of nitrogens with zero attached hydrogens (tertiary/aromatic N) is 1. The topological polar surface area (TPSA) is 49.8 Å². The highest BCUT2D eigenvalue weighted by Gasteiger charge is 2.47. The van der Waals surface area contributed by atoms with Crippen LogP contribution in [-0.2, 0) is 22.3 Å². The smallest absolute Gasteiger partial charge is 0.416 e. The molecule has 0 amide bonds. The first-order valence-electron chi connectivity index (χ1n) is 7.12. The Bertz CT molecular complexity index is 575. The summed E-state index contributed by atoms with van der Waals surface area (Å²) in [4.78, 5) is 13.1. The summed E-state index contributed by atoms with van der Waals surface area (Å²) in [6, 6.07) is 4.32. The van der Waals surface area contributed by atoms with Crippen LogP contribution in [0.2, 0.25) is 0 Å². The minimum Gasteiger partial charge on any atom is -0.480 e. The molecule has 2 heterocycles. The first-order valence-corrected chi connectivity index (χ1v) is 7.12. The zero-order valence-corrected chi connectivity index (χ0v) is 11.7. The second-order valence-electron chi connectivity index (χ2n) is 5.73. The van der Waals surface area contributed by atoms with Gasteiger partial charge < -0.3 is 9.84 Å². The number of rotatable bonds is 3. The molecular formula is C15H16F3NO3. The van der Waals surface area contributed by atoms with Crippen LogP contribution in [0.1, 0.15) is 24.0 Å². The maximum Gasteiger partial charge on any atom is 0.416 e. The molecule has 0 spiro atoms. The summed E-state index contributed by atoms with van der Waals surface area (Å²) in [5.41, 5.74) is -0.246. The molecule has 0 aromatic heterocycles. The van der Waals surface area contributed by atoms with Gasteiger partial charge in [0.1, 0.15) is 6.04 Å². The molecule has 3 rings (SSSR count). The van der Waals surface area contributed by atoms with Crippen molar-refractivity contribution in [1.82, 2.24) is 4.90 Å². The minimum absolute atomic E-state index is 0.0318. The van der Waals surface area contributed by atoms with Gasteiger partial charge in [-0.25, -0.2) is 0 Å². The van der Waals surface area contributed by atoms with Crippen molar-refractivity contribution >= 4 is 5.97 Å². The number of carboxylic acid groups (broad SMARTS) is 1. The van der Waals surface area contributed by atoms with Gasteiger partial charge in [-0.05, 0) is 18.1 Å². The molecule has 22 heavy (non-hydrogen) atoms. The third-order valence-electron chi connectivity index (χ3n) is 4.36. The lowest BCUT2D eigenvalue weighted by molar-refractivity contribution is -0.143. The number of alkyl halides is 3. The molecule has 7 heteroatoms. The summed E-state index contributed by atoms with van der Waals surface area (Å²) in [6.07, 6.45) is -3.43. The Labute approximate surface area is 125 Å². The van der Waals surface area contributed by atoms with Crippen molar-refractivity contribution in [3.05, 3.63) is 35.4 Å². The minimum atomic E-state index is -4.40. The van der Waals surface area contributed by atoms with Crippen molar-refractivity contribution in [3.8, 4) is 0 Å². The monoisotopic (exact) mass is 315 g/mol. The quantitative estimate of drug-likeness (QED) is 0.931. The molecule has 2 saturated heterocycles. The van der Waals surface area contributed by atoms with Gasteiger partial charge in [0.25, 0.3) is 0 Å². The first-order chi connectivity index (χ1) is 10.4. The molecule has 1 unspecified atom stereocenters. The van der Waals surface area contributed by atoms with E-state index >= 15 is 0 Å². The van der Waals surface area contributed by atoms with E-state index in [4.69, 9.17) is 4.74 Å². The van der Waals surface area contributed by atoms with Crippen molar-refractivity contribution in [1.29, 1.82) is 0 Å². The van der Waals surface area contributed by atoms with Gasteiger partial charge in [0, 0.05) is 25.6 Å². The fourth-order valence-corrected chi connectivity index (χ4v) is 3.36. The van der Waals surface area contributed by atoms with E-state index in [-0.39, 0.29) is 18.7 Å². The van der Waals surface area contributed by atoms with Crippen LogP contribution >= 0.6 is 0 Å². The lowest BCUT2D eigenvalue weighted by Gasteiger charge is -2.26. The van der Waals surface area contributed by atoms with E-state index in [9.17, 15) is 23.1 Å². The molecule has 2 aliphatic heterocycles. The van der Waals surface area contributed by atoms with Gasteiger partial charge in [0.2, 0.25) is 0 Å². The number of benzene rings is 1. The third-order valence-corrected chi connectivity index (χ3v) is 4.36. The maximum atomic E-state index is 12.8. The molecular weight excluding hydrogens is 299 g/mol. The normalized spacial score (nSPS) is 28.8. The number of hydrogen-bond donors (Lipinski definition) is 1. The van der Waals surface area contributed by atoms with Gasteiger partial charge in [0.15, 0.2) is 0 Å². The lowest BCUT2D eigenvalue weighted by Crippen LogP contribution is -2.40. The summed E-state index contributed by atoms with van der Waals surface area (Å²) in [5, 5.41) is 9.32. The molecule has 2 fully saturated rings. The Balaban J connectivity index is 1.83. The Morgan fingerprint density at radius 3 is 2.86 bits per heavy atom. The number of aliphatic carboxylic acids is 1. The number of halogens is 3. The summed E-state index contributed by atoms with van der Waals surface area (Å²) in [7, 11) is 0. The van der Waals surface area contributed by atoms with Crippen molar-refractivity contribution in [2.45, 2.75) is 43.8 Å². The second-order valence-corrected chi connectivity index (χ2v) is 5.73. The van der Waals surface area contributed by atoms with E-state index in [0.717, 1.165) is 12.1 Å². The molecule has 1 N–H and O–H groups in total. The average Bonchev–Trinajstić information content (AvgIpc) is 3.01. The number of ether oxygens (including phenoxy) is 1. The van der Waals surface area contributed by atoms with Gasteiger partial charge in [-0.1, -0.05) is 18.2 Å². The average molecular weight is 315 g/mol. The molecule has 4 nitrogen and oxygen atoms in total. The number of carboxylic acids is 1. The van der Waals surface area contributed by atoms with Gasteiger partial charge in [0.05, 0.1) is 11.7 Å².